The van der Waals surface area contributed by atoms with Crippen molar-refractivity contribution in [2.45, 2.75) is 52.4 Å². The summed E-state index contributed by atoms with van der Waals surface area (Å²) >= 11 is 0. The van der Waals surface area contributed by atoms with Gasteiger partial charge in [-0.15, -0.1) is 0 Å². The van der Waals surface area contributed by atoms with Crippen molar-refractivity contribution >= 4 is 11.9 Å². The number of carbonyl (C=O) groups is 2. The first kappa shape index (κ1) is 16.5. The predicted octanol–water partition coefficient (Wildman–Crippen LogP) is 3.39. The molecule has 0 atom stereocenters. The molecule has 1 aromatic carbocycles. The first-order chi connectivity index (χ1) is 10.0. The molecule has 1 aliphatic heterocycles. The van der Waals surface area contributed by atoms with Gasteiger partial charge in [-0.2, -0.15) is 0 Å². The van der Waals surface area contributed by atoms with Crippen molar-refractivity contribution in [3.8, 4) is 0 Å². The highest BCUT2D eigenvalue weighted by Crippen LogP contribution is 2.37. The van der Waals surface area contributed by atoms with Gasteiger partial charge in [-0.25, -0.2) is 9.59 Å². The van der Waals surface area contributed by atoms with Crippen LogP contribution in [0.3, 0.4) is 0 Å². The average Bonchev–Trinajstić information content (AvgIpc) is 2.41. The van der Waals surface area contributed by atoms with Crippen molar-refractivity contribution in [2.24, 2.45) is 0 Å². The van der Waals surface area contributed by atoms with Crippen molar-refractivity contribution in [2.75, 3.05) is 0 Å². The molecule has 22 heavy (non-hydrogen) atoms. The summed E-state index contributed by atoms with van der Waals surface area (Å²) in [5.74, 6) is -1.47. The fourth-order valence-electron chi connectivity index (χ4n) is 2.56. The maximum atomic E-state index is 12.4. The third kappa shape index (κ3) is 2.98. The van der Waals surface area contributed by atoms with Gasteiger partial charge < -0.3 is 0 Å². The lowest BCUT2D eigenvalue weighted by molar-refractivity contribution is -0.595. The van der Waals surface area contributed by atoms with Gasteiger partial charge in [0, 0.05) is 10.1 Å². The molecule has 6 heteroatoms. The van der Waals surface area contributed by atoms with Gasteiger partial charge in [-0.3, -0.25) is 9.78 Å². The largest absolute Gasteiger partial charge is 0.377 e. The van der Waals surface area contributed by atoms with Gasteiger partial charge in [-0.1, -0.05) is 47.6 Å². The zero-order valence-corrected chi connectivity index (χ0v) is 13.6. The molecular weight excluding hydrogens is 288 g/mol. The Morgan fingerprint density at radius 3 is 1.82 bits per heavy atom. The van der Waals surface area contributed by atoms with E-state index in [0.29, 0.717) is 11.1 Å². The fraction of sp³-hybridized carbons (Fsp3) is 0.500. The van der Waals surface area contributed by atoms with E-state index in [0.717, 1.165) is 5.56 Å². The van der Waals surface area contributed by atoms with Crippen LogP contribution in [0.15, 0.2) is 12.1 Å². The quantitative estimate of drug-likeness (QED) is 0.684. The summed E-state index contributed by atoms with van der Waals surface area (Å²) in [4.78, 5) is 33.6. The SMILES string of the molecule is CC(C)(C)c1ccc2c(C(C)(C)C)c1C(=O)OOOOC2=O. The molecule has 0 saturated carbocycles. The number of benzene rings is 1. The highest BCUT2D eigenvalue weighted by atomic mass is 17.7. The van der Waals surface area contributed by atoms with Crippen molar-refractivity contribution in [3.05, 3.63) is 34.4 Å². The molecule has 0 aromatic heterocycles. The molecule has 0 amide bonds. The maximum absolute atomic E-state index is 12.4. The Morgan fingerprint density at radius 2 is 1.32 bits per heavy atom. The highest BCUT2D eigenvalue weighted by Gasteiger charge is 2.36. The van der Waals surface area contributed by atoms with Gasteiger partial charge in [0.05, 0.1) is 11.1 Å². The van der Waals surface area contributed by atoms with Gasteiger partial charge in [-0.05, 0) is 28.0 Å². The Hall–Kier alpha value is -1.92. The van der Waals surface area contributed by atoms with E-state index in [-0.39, 0.29) is 11.0 Å². The highest BCUT2D eigenvalue weighted by molar-refractivity contribution is 6.00. The standard InChI is InChI=1S/C16H20O6/c1-15(2,3)10-8-7-9-12(16(4,5)6)11(10)14(18)20-22-21-19-13(9)17/h7-8H,1-6H3. The minimum absolute atomic E-state index is 0.248. The van der Waals surface area contributed by atoms with Crippen LogP contribution in [0.25, 0.3) is 0 Å². The van der Waals surface area contributed by atoms with E-state index in [9.17, 15) is 9.59 Å². The molecule has 6 nitrogen and oxygen atoms in total. The minimum Gasteiger partial charge on any atom is -0.260 e. The lowest BCUT2D eigenvalue weighted by atomic mass is 9.74. The third-order valence-corrected chi connectivity index (χ3v) is 3.43. The maximum Gasteiger partial charge on any atom is 0.377 e. The minimum atomic E-state index is -0.745. The third-order valence-electron chi connectivity index (χ3n) is 3.43. The van der Waals surface area contributed by atoms with E-state index in [4.69, 9.17) is 0 Å². The normalized spacial score (nSPS) is 16.3. The second-order valence-corrected chi connectivity index (χ2v) is 7.29. The zero-order chi connectivity index (χ0) is 16.7. The Kier molecular flexibility index (Phi) is 4.02. The van der Waals surface area contributed by atoms with Crippen LogP contribution in [0.5, 0.6) is 0 Å². The molecule has 0 saturated heterocycles. The number of hydrogen-bond donors (Lipinski definition) is 0. The number of hydrogen-bond acceptors (Lipinski definition) is 6. The zero-order valence-electron chi connectivity index (χ0n) is 13.6. The lowest BCUT2D eigenvalue weighted by Crippen LogP contribution is -2.27. The van der Waals surface area contributed by atoms with Gasteiger partial charge in [0.25, 0.3) is 0 Å². The van der Waals surface area contributed by atoms with E-state index in [1.54, 1.807) is 12.1 Å². The second kappa shape index (κ2) is 5.37. The molecule has 1 aromatic rings. The molecular formula is C16H20O6. The summed E-state index contributed by atoms with van der Waals surface area (Å²) in [6.45, 7) is 11.6. The van der Waals surface area contributed by atoms with Crippen molar-refractivity contribution in [1.82, 2.24) is 0 Å². The van der Waals surface area contributed by atoms with E-state index in [2.05, 4.69) is 19.9 Å². The average molecular weight is 308 g/mol. The molecule has 0 spiro atoms. The van der Waals surface area contributed by atoms with Crippen LogP contribution >= 0.6 is 0 Å². The van der Waals surface area contributed by atoms with E-state index < -0.39 is 17.4 Å². The van der Waals surface area contributed by atoms with Crippen LogP contribution in [0.4, 0.5) is 0 Å². The Bertz CT molecular complexity index is 619. The Morgan fingerprint density at radius 1 is 0.773 bits per heavy atom. The molecule has 0 unspecified atom stereocenters. The van der Waals surface area contributed by atoms with Gasteiger partial charge in [0.15, 0.2) is 0 Å². The number of fused-ring (bicyclic) bond motifs is 2. The fourth-order valence-corrected chi connectivity index (χ4v) is 2.56. The van der Waals surface area contributed by atoms with Crippen LogP contribution in [0.2, 0.25) is 0 Å². The van der Waals surface area contributed by atoms with Crippen molar-refractivity contribution in [3.63, 3.8) is 0 Å². The summed E-state index contributed by atoms with van der Waals surface area (Å²) < 4.78 is 0. The lowest BCUT2D eigenvalue weighted by Gasteiger charge is -2.29. The molecule has 0 N–H and O–H groups in total. The summed E-state index contributed by atoms with van der Waals surface area (Å²) in [6, 6.07) is 3.36. The molecule has 0 radical (unpaired) electrons. The molecule has 1 heterocycles. The summed E-state index contributed by atoms with van der Waals surface area (Å²) in [5.41, 5.74) is 1.03. The van der Waals surface area contributed by atoms with Crippen LogP contribution in [0, 0.1) is 0 Å². The van der Waals surface area contributed by atoms with E-state index >= 15 is 0 Å². The van der Waals surface area contributed by atoms with Gasteiger partial charge in [0.2, 0.25) is 0 Å². The molecule has 2 rings (SSSR count). The summed E-state index contributed by atoms with van der Waals surface area (Å²) in [7, 11) is 0. The molecule has 2 bridgehead atoms. The molecule has 120 valence electrons. The smallest absolute Gasteiger partial charge is 0.260 e. The van der Waals surface area contributed by atoms with Crippen LogP contribution in [0.1, 0.15) is 73.4 Å². The topological polar surface area (TPSA) is 71.1 Å². The Balaban J connectivity index is 2.88. The summed E-state index contributed by atoms with van der Waals surface area (Å²) in [5, 5.41) is 8.33. The Labute approximate surface area is 129 Å². The molecule has 0 aliphatic carbocycles. The number of carbonyl (C=O) groups excluding carboxylic acids is 2. The number of rotatable bonds is 0. The van der Waals surface area contributed by atoms with E-state index in [1.807, 2.05) is 41.5 Å². The first-order valence-corrected chi connectivity index (χ1v) is 6.98. The molecule has 1 aliphatic rings. The van der Waals surface area contributed by atoms with E-state index in [1.165, 1.54) is 0 Å². The predicted molar refractivity (Wildman–Crippen MR) is 76.8 cm³/mol. The van der Waals surface area contributed by atoms with Crippen molar-refractivity contribution < 1.29 is 29.4 Å². The van der Waals surface area contributed by atoms with Crippen LogP contribution < -0.4 is 0 Å². The second-order valence-electron chi connectivity index (χ2n) is 7.29. The first-order valence-electron chi connectivity index (χ1n) is 6.98. The monoisotopic (exact) mass is 308 g/mol. The summed E-state index contributed by atoms with van der Waals surface area (Å²) in [6.07, 6.45) is 0. The van der Waals surface area contributed by atoms with Crippen molar-refractivity contribution in [1.29, 1.82) is 0 Å². The van der Waals surface area contributed by atoms with Gasteiger partial charge >= 0.3 is 11.9 Å². The van der Waals surface area contributed by atoms with Gasteiger partial charge in [0.1, 0.15) is 0 Å². The van der Waals surface area contributed by atoms with Crippen LogP contribution in [-0.4, -0.2) is 11.9 Å². The molecule has 0 fully saturated rings. The van der Waals surface area contributed by atoms with Crippen LogP contribution in [-0.2, 0) is 30.7 Å².